The second-order valence-electron chi connectivity index (χ2n) is 5.84. The van der Waals surface area contributed by atoms with Crippen LogP contribution in [0.3, 0.4) is 0 Å². The molecule has 0 N–H and O–H groups in total. The minimum atomic E-state index is -0.695. The molecule has 2 aromatic carbocycles. The van der Waals surface area contributed by atoms with E-state index in [1.54, 1.807) is 24.3 Å². The summed E-state index contributed by atoms with van der Waals surface area (Å²) in [5.41, 5.74) is 0.606. The fourth-order valence-corrected chi connectivity index (χ4v) is 3.22. The third kappa shape index (κ3) is 4.00. The standard InChI is InChI=1S/C18H15ClN2O4S/c19-15-8-5-13(11-16(15)21(23)24)18(22)25-14-6-3-12(4-7-14)17(26)20-9-1-2-10-20/h3-8,11H,1-2,9-10H2. The molecule has 0 aliphatic carbocycles. The Hall–Kier alpha value is -2.51. The molecule has 8 heteroatoms. The highest BCUT2D eigenvalue weighted by Gasteiger charge is 2.19. The molecule has 1 saturated heterocycles. The van der Waals surface area contributed by atoms with E-state index in [0.29, 0.717) is 5.75 Å². The SMILES string of the molecule is O=C(Oc1ccc(C(=S)N2CCCC2)cc1)c1ccc(Cl)c([N+](=O)[O-])c1. The van der Waals surface area contributed by atoms with Crippen LogP contribution in [0.2, 0.25) is 5.02 Å². The predicted molar refractivity (Wildman–Crippen MR) is 102 cm³/mol. The van der Waals surface area contributed by atoms with Crippen molar-refractivity contribution in [3.63, 3.8) is 0 Å². The van der Waals surface area contributed by atoms with Gasteiger partial charge in [-0.25, -0.2) is 4.79 Å². The first-order valence-corrected chi connectivity index (χ1v) is 8.80. The van der Waals surface area contributed by atoms with Gasteiger partial charge in [0, 0.05) is 24.7 Å². The predicted octanol–water partition coefficient (Wildman–Crippen LogP) is 4.24. The number of halogens is 1. The number of hydrogen-bond donors (Lipinski definition) is 0. The third-order valence-corrected chi connectivity index (χ3v) is 4.90. The maximum Gasteiger partial charge on any atom is 0.343 e. The van der Waals surface area contributed by atoms with Gasteiger partial charge < -0.3 is 9.64 Å². The summed E-state index contributed by atoms with van der Waals surface area (Å²) < 4.78 is 5.27. The van der Waals surface area contributed by atoms with Crippen LogP contribution in [0.1, 0.15) is 28.8 Å². The number of carbonyl (C=O) groups excluding carboxylic acids is 1. The summed E-state index contributed by atoms with van der Waals surface area (Å²) in [4.78, 5) is 25.4. The van der Waals surface area contributed by atoms with Crippen molar-refractivity contribution < 1.29 is 14.5 Å². The van der Waals surface area contributed by atoms with E-state index in [2.05, 4.69) is 4.90 Å². The minimum Gasteiger partial charge on any atom is -0.423 e. The number of nitro benzene ring substituents is 1. The topological polar surface area (TPSA) is 72.7 Å². The van der Waals surface area contributed by atoms with Crippen molar-refractivity contribution in [3.8, 4) is 5.75 Å². The van der Waals surface area contributed by atoms with Crippen LogP contribution in [0.4, 0.5) is 5.69 Å². The van der Waals surface area contributed by atoms with E-state index in [4.69, 9.17) is 28.6 Å². The molecule has 0 aromatic heterocycles. The Labute approximate surface area is 160 Å². The number of carbonyl (C=O) groups is 1. The van der Waals surface area contributed by atoms with Crippen LogP contribution < -0.4 is 4.74 Å². The van der Waals surface area contributed by atoms with E-state index in [9.17, 15) is 14.9 Å². The molecule has 134 valence electrons. The maximum atomic E-state index is 12.2. The van der Waals surface area contributed by atoms with Crippen molar-refractivity contribution in [1.29, 1.82) is 0 Å². The summed E-state index contributed by atoms with van der Waals surface area (Å²) in [6, 6.07) is 10.7. The Bertz CT molecular complexity index is 864. The van der Waals surface area contributed by atoms with E-state index in [-0.39, 0.29) is 16.3 Å². The second kappa shape index (κ2) is 7.80. The molecule has 1 aliphatic heterocycles. The highest BCUT2D eigenvalue weighted by molar-refractivity contribution is 7.80. The highest BCUT2D eigenvalue weighted by atomic mass is 35.5. The van der Waals surface area contributed by atoms with E-state index < -0.39 is 10.9 Å². The molecule has 6 nitrogen and oxygen atoms in total. The van der Waals surface area contributed by atoms with Crippen LogP contribution in [-0.4, -0.2) is 33.9 Å². The summed E-state index contributed by atoms with van der Waals surface area (Å²) in [6.45, 7) is 1.93. The van der Waals surface area contributed by atoms with Crippen molar-refractivity contribution in [2.45, 2.75) is 12.8 Å². The van der Waals surface area contributed by atoms with Crippen LogP contribution in [0.25, 0.3) is 0 Å². The zero-order chi connectivity index (χ0) is 18.7. The second-order valence-corrected chi connectivity index (χ2v) is 6.63. The summed E-state index contributed by atoms with van der Waals surface area (Å²) >= 11 is 11.2. The van der Waals surface area contributed by atoms with Gasteiger partial charge in [0.2, 0.25) is 0 Å². The number of rotatable bonds is 4. The average Bonchev–Trinajstić information content (AvgIpc) is 3.16. The summed E-state index contributed by atoms with van der Waals surface area (Å²) in [5, 5.41) is 10.9. The van der Waals surface area contributed by atoms with Gasteiger partial charge in [-0.2, -0.15) is 0 Å². The lowest BCUT2D eigenvalue weighted by Crippen LogP contribution is -2.26. The Kier molecular flexibility index (Phi) is 5.49. The summed E-state index contributed by atoms with van der Waals surface area (Å²) in [6.07, 6.45) is 2.28. The van der Waals surface area contributed by atoms with Crippen LogP contribution in [0, 0.1) is 10.1 Å². The van der Waals surface area contributed by atoms with E-state index in [1.807, 2.05) is 0 Å². The van der Waals surface area contributed by atoms with Gasteiger partial charge in [-0.3, -0.25) is 10.1 Å². The van der Waals surface area contributed by atoms with Gasteiger partial charge in [-0.05, 0) is 49.2 Å². The van der Waals surface area contributed by atoms with Gasteiger partial charge in [0.05, 0.1) is 10.5 Å². The van der Waals surface area contributed by atoms with E-state index >= 15 is 0 Å². The van der Waals surface area contributed by atoms with Crippen LogP contribution in [0.15, 0.2) is 42.5 Å². The molecular formula is C18H15ClN2O4S. The Morgan fingerprint density at radius 1 is 1.12 bits per heavy atom. The maximum absolute atomic E-state index is 12.2. The quantitative estimate of drug-likeness (QED) is 0.255. The highest BCUT2D eigenvalue weighted by Crippen LogP contribution is 2.26. The van der Waals surface area contributed by atoms with Crippen molar-refractivity contribution in [2.24, 2.45) is 0 Å². The smallest absolute Gasteiger partial charge is 0.343 e. The lowest BCUT2D eigenvalue weighted by atomic mass is 10.2. The molecule has 2 aromatic rings. The van der Waals surface area contributed by atoms with Gasteiger partial charge in [-0.15, -0.1) is 0 Å². The number of nitrogens with zero attached hydrogens (tertiary/aromatic N) is 2. The molecule has 0 unspecified atom stereocenters. The normalized spacial score (nSPS) is 13.5. The monoisotopic (exact) mass is 390 g/mol. The fraction of sp³-hybridized carbons (Fsp3) is 0.222. The number of ether oxygens (including phenoxy) is 1. The Balaban J connectivity index is 1.71. The molecular weight excluding hydrogens is 376 g/mol. The number of nitro groups is 1. The first-order valence-electron chi connectivity index (χ1n) is 8.01. The van der Waals surface area contributed by atoms with Gasteiger partial charge in [0.15, 0.2) is 0 Å². The Morgan fingerprint density at radius 3 is 2.35 bits per heavy atom. The average molecular weight is 391 g/mol. The third-order valence-electron chi connectivity index (χ3n) is 4.08. The molecule has 0 radical (unpaired) electrons. The molecule has 1 aliphatic rings. The molecule has 0 spiro atoms. The van der Waals surface area contributed by atoms with Crippen molar-refractivity contribution in [3.05, 3.63) is 68.7 Å². The molecule has 0 bridgehead atoms. The largest absolute Gasteiger partial charge is 0.423 e. The van der Waals surface area contributed by atoms with Crippen molar-refractivity contribution in [1.82, 2.24) is 4.90 Å². The molecule has 0 amide bonds. The van der Waals surface area contributed by atoms with Crippen molar-refractivity contribution in [2.75, 3.05) is 13.1 Å². The zero-order valence-electron chi connectivity index (χ0n) is 13.7. The van der Waals surface area contributed by atoms with Gasteiger partial charge in [-0.1, -0.05) is 23.8 Å². The number of thiocarbonyl (C=S) groups is 1. The summed E-state index contributed by atoms with van der Waals surface area (Å²) in [7, 11) is 0. The molecule has 1 heterocycles. The number of esters is 1. The summed E-state index contributed by atoms with van der Waals surface area (Å²) in [5.74, 6) is -0.361. The molecule has 0 saturated carbocycles. The number of likely N-dealkylation sites (tertiary alicyclic amines) is 1. The zero-order valence-corrected chi connectivity index (χ0v) is 15.3. The van der Waals surface area contributed by atoms with Crippen LogP contribution in [-0.2, 0) is 0 Å². The molecule has 1 fully saturated rings. The van der Waals surface area contributed by atoms with E-state index in [0.717, 1.165) is 42.5 Å². The van der Waals surface area contributed by atoms with Crippen molar-refractivity contribution >= 4 is 40.5 Å². The number of benzene rings is 2. The van der Waals surface area contributed by atoms with Gasteiger partial charge >= 0.3 is 5.97 Å². The van der Waals surface area contributed by atoms with Gasteiger partial charge in [0.25, 0.3) is 5.69 Å². The lowest BCUT2D eigenvalue weighted by Gasteiger charge is -2.18. The van der Waals surface area contributed by atoms with E-state index in [1.165, 1.54) is 12.1 Å². The molecule has 0 atom stereocenters. The first kappa shape index (κ1) is 18.3. The van der Waals surface area contributed by atoms with Crippen LogP contribution >= 0.6 is 23.8 Å². The molecule has 26 heavy (non-hydrogen) atoms. The number of hydrogen-bond acceptors (Lipinski definition) is 5. The minimum absolute atomic E-state index is 0.0358. The van der Waals surface area contributed by atoms with Crippen LogP contribution in [0.5, 0.6) is 5.75 Å². The lowest BCUT2D eigenvalue weighted by molar-refractivity contribution is -0.384. The first-order chi connectivity index (χ1) is 12.5. The fourth-order valence-electron chi connectivity index (χ4n) is 2.71. The van der Waals surface area contributed by atoms with Gasteiger partial charge in [0.1, 0.15) is 15.8 Å². The Morgan fingerprint density at radius 2 is 1.73 bits per heavy atom. The molecule has 3 rings (SSSR count).